The van der Waals surface area contributed by atoms with E-state index in [0.717, 1.165) is 21.0 Å². The molecule has 0 aliphatic carbocycles. The van der Waals surface area contributed by atoms with Crippen molar-refractivity contribution < 1.29 is 44.7 Å². The van der Waals surface area contributed by atoms with E-state index in [1.807, 2.05) is 0 Å². The SMILES string of the molecule is Cn1cnc2ccc(Nc3c(F)ccc(NS(=O)(=O)N4CC(F)C4)c3Cl)c(F)c2c1=O.O=C(O)C(F)(F)F. The highest BCUT2D eigenvalue weighted by Gasteiger charge is 2.38. The van der Waals surface area contributed by atoms with E-state index in [2.05, 4.69) is 15.0 Å². The van der Waals surface area contributed by atoms with E-state index in [9.17, 15) is 39.6 Å². The van der Waals surface area contributed by atoms with E-state index < -0.39 is 51.4 Å². The molecule has 1 aliphatic heterocycles. The van der Waals surface area contributed by atoms with Gasteiger partial charge in [0.2, 0.25) is 0 Å². The first kappa shape index (κ1) is 29.0. The van der Waals surface area contributed by atoms with E-state index in [1.54, 1.807) is 0 Å². The fraction of sp³-hybridized carbons (Fsp3) is 0.250. The van der Waals surface area contributed by atoms with Crippen LogP contribution in [0, 0.1) is 11.6 Å². The van der Waals surface area contributed by atoms with Crippen LogP contribution in [0.5, 0.6) is 0 Å². The third kappa shape index (κ3) is 6.11. The Labute approximate surface area is 214 Å². The summed E-state index contributed by atoms with van der Waals surface area (Å²) in [5, 5.41) is 8.92. The Morgan fingerprint density at radius 1 is 1.16 bits per heavy atom. The largest absolute Gasteiger partial charge is 0.490 e. The molecule has 2 aromatic carbocycles. The number of benzene rings is 2. The molecule has 3 N–H and O–H groups in total. The Morgan fingerprint density at radius 2 is 1.74 bits per heavy atom. The van der Waals surface area contributed by atoms with E-state index in [4.69, 9.17) is 21.5 Å². The fourth-order valence-electron chi connectivity index (χ4n) is 3.02. The number of fused-ring (bicyclic) bond motifs is 1. The smallest absolute Gasteiger partial charge is 0.475 e. The van der Waals surface area contributed by atoms with Crippen molar-refractivity contribution >= 4 is 55.7 Å². The van der Waals surface area contributed by atoms with Gasteiger partial charge >= 0.3 is 22.4 Å². The van der Waals surface area contributed by atoms with E-state index in [0.29, 0.717) is 0 Å². The summed E-state index contributed by atoms with van der Waals surface area (Å²) in [6.45, 7) is -0.602. The average molecular weight is 588 g/mol. The van der Waals surface area contributed by atoms with Crippen molar-refractivity contribution in [3.05, 3.63) is 57.6 Å². The van der Waals surface area contributed by atoms with Crippen molar-refractivity contribution in [2.24, 2.45) is 7.05 Å². The molecule has 0 unspecified atom stereocenters. The highest BCUT2D eigenvalue weighted by atomic mass is 35.5. The number of hydrogen-bond donors (Lipinski definition) is 3. The number of aromatic nitrogens is 2. The van der Waals surface area contributed by atoms with Crippen LogP contribution in [0.25, 0.3) is 10.9 Å². The van der Waals surface area contributed by atoms with Crippen molar-refractivity contribution in [3.8, 4) is 0 Å². The molecule has 0 amide bonds. The molecule has 1 fully saturated rings. The highest BCUT2D eigenvalue weighted by Crippen LogP contribution is 2.37. The Kier molecular flexibility index (Phi) is 8.13. The summed E-state index contributed by atoms with van der Waals surface area (Å²) >= 11 is 6.17. The van der Waals surface area contributed by atoms with Crippen molar-refractivity contribution in [2.75, 3.05) is 23.1 Å². The Bertz CT molecular complexity index is 1560. The normalized spacial score (nSPS) is 14.4. The van der Waals surface area contributed by atoms with Gasteiger partial charge in [-0.25, -0.2) is 22.9 Å². The first-order valence-corrected chi connectivity index (χ1v) is 12.0. The number of aliphatic carboxylic acids is 1. The lowest BCUT2D eigenvalue weighted by Gasteiger charge is -2.33. The summed E-state index contributed by atoms with van der Waals surface area (Å²) in [6.07, 6.45) is -5.09. The molecule has 38 heavy (non-hydrogen) atoms. The fourth-order valence-corrected chi connectivity index (χ4v) is 4.62. The van der Waals surface area contributed by atoms with Crippen molar-refractivity contribution in [1.29, 1.82) is 0 Å². The molecule has 3 aromatic rings. The monoisotopic (exact) mass is 587 g/mol. The van der Waals surface area contributed by atoms with E-state index in [1.165, 1.54) is 25.5 Å². The molecule has 1 aromatic heterocycles. The van der Waals surface area contributed by atoms with Crippen molar-refractivity contribution in [3.63, 3.8) is 0 Å². The van der Waals surface area contributed by atoms with Crippen molar-refractivity contribution in [1.82, 2.24) is 13.9 Å². The van der Waals surface area contributed by atoms with Crippen LogP contribution in [0.4, 0.5) is 43.4 Å². The lowest BCUT2D eigenvalue weighted by atomic mass is 10.2. The third-order valence-corrected chi connectivity index (χ3v) is 6.85. The van der Waals surface area contributed by atoms with Crippen LogP contribution in [0.2, 0.25) is 5.02 Å². The molecule has 10 nitrogen and oxygen atoms in total. The van der Waals surface area contributed by atoms with Gasteiger partial charge in [-0.2, -0.15) is 25.9 Å². The predicted octanol–water partition coefficient (Wildman–Crippen LogP) is 3.55. The number of nitrogens with one attached hydrogen (secondary N) is 2. The van der Waals surface area contributed by atoms with Crippen LogP contribution >= 0.6 is 11.6 Å². The number of nitrogens with zero attached hydrogens (tertiary/aromatic N) is 3. The average Bonchev–Trinajstić information content (AvgIpc) is 2.79. The number of alkyl halides is 4. The maximum atomic E-state index is 15.0. The molecular weight excluding hydrogens is 572 g/mol. The lowest BCUT2D eigenvalue weighted by molar-refractivity contribution is -0.192. The number of carboxylic acid groups (broad SMARTS) is 1. The summed E-state index contributed by atoms with van der Waals surface area (Å²) in [6, 6.07) is 4.64. The molecule has 206 valence electrons. The molecule has 18 heteroatoms. The number of rotatable bonds is 5. The molecule has 0 saturated carbocycles. The minimum atomic E-state index is -5.08. The molecule has 2 heterocycles. The second-order valence-electron chi connectivity index (χ2n) is 7.72. The van der Waals surface area contributed by atoms with Gasteiger partial charge in [0, 0.05) is 20.1 Å². The maximum absolute atomic E-state index is 15.0. The lowest BCUT2D eigenvalue weighted by Crippen LogP contribution is -2.53. The zero-order valence-electron chi connectivity index (χ0n) is 18.9. The molecule has 0 spiro atoms. The number of hydrogen-bond acceptors (Lipinski definition) is 6. The van der Waals surface area contributed by atoms with Gasteiger partial charge in [0.05, 0.1) is 33.9 Å². The Balaban J connectivity index is 0.000000505. The van der Waals surface area contributed by atoms with Crippen LogP contribution in [-0.4, -0.2) is 58.8 Å². The summed E-state index contributed by atoms with van der Waals surface area (Å²) in [5.74, 6) is -4.62. The van der Waals surface area contributed by atoms with Crippen LogP contribution in [0.15, 0.2) is 35.4 Å². The van der Waals surface area contributed by atoms with Crippen LogP contribution in [0.1, 0.15) is 0 Å². The van der Waals surface area contributed by atoms with Gasteiger partial charge in [-0.15, -0.1) is 0 Å². The van der Waals surface area contributed by atoms with Crippen LogP contribution in [-0.2, 0) is 22.1 Å². The second kappa shape index (κ2) is 10.7. The molecule has 0 bridgehead atoms. The third-order valence-electron chi connectivity index (χ3n) is 5.00. The summed E-state index contributed by atoms with van der Waals surface area (Å²) < 4.78 is 103. The second-order valence-corrected chi connectivity index (χ2v) is 9.76. The van der Waals surface area contributed by atoms with Crippen LogP contribution < -0.4 is 15.6 Å². The van der Waals surface area contributed by atoms with E-state index >= 15 is 0 Å². The first-order valence-electron chi connectivity index (χ1n) is 10.1. The number of carboxylic acids is 1. The van der Waals surface area contributed by atoms with Gasteiger partial charge in [0.1, 0.15) is 17.4 Å². The van der Waals surface area contributed by atoms with Gasteiger partial charge in [0.25, 0.3) is 5.56 Å². The van der Waals surface area contributed by atoms with Gasteiger partial charge < -0.3 is 15.0 Å². The molecule has 1 saturated heterocycles. The summed E-state index contributed by atoms with van der Waals surface area (Å²) in [7, 11) is -2.69. The Morgan fingerprint density at radius 3 is 2.29 bits per heavy atom. The van der Waals surface area contributed by atoms with Gasteiger partial charge in [-0.3, -0.25) is 9.52 Å². The number of carbonyl (C=O) groups is 1. The number of aryl methyl sites for hydroxylation is 1. The molecule has 0 radical (unpaired) electrons. The quantitative estimate of drug-likeness (QED) is 0.389. The first-order chi connectivity index (χ1) is 17.5. The maximum Gasteiger partial charge on any atom is 0.490 e. The highest BCUT2D eigenvalue weighted by molar-refractivity contribution is 7.90. The molecule has 1 aliphatic rings. The van der Waals surface area contributed by atoms with Gasteiger partial charge in [0.15, 0.2) is 5.82 Å². The standard InChI is InChI=1S/C18H15ClF3N5O3S.C2HF3O2/c1-26-8-23-11-4-5-13(16(22)14(11)18(26)28)24-17-10(21)2-3-12(15(17)19)25-31(29,30)27-6-9(20)7-27;3-2(4,5)1(6)7/h2-5,8-9,24-25H,6-7H2,1H3;(H,6,7). The number of halogens is 7. The predicted molar refractivity (Wildman–Crippen MR) is 124 cm³/mol. The molecule has 0 atom stereocenters. The Hall–Kier alpha value is -3.57. The zero-order chi connectivity index (χ0) is 28.6. The topological polar surface area (TPSA) is 134 Å². The van der Waals surface area contributed by atoms with Crippen molar-refractivity contribution in [2.45, 2.75) is 12.3 Å². The van der Waals surface area contributed by atoms with Gasteiger partial charge in [-0.1, -0.05) is 11.6 Å². The zero-order valence-corrected chi connectivity index (χ0v) is 20.4. The number of anilines is 3. The summed E-state index contributed by atoms with van der Waals surface area (Å²) in [4.78, 5) is 25.1. The van der Waals surface area contributed by atoms with E-state index in [-0.39, 0.29) is 40.4 Å². The van der Waals surface area contributed by atoms with Gasteiger partial charge in [-0.05, 0) is 24.3 Å². The molecular formula is C20H16ClF6N5O5S. The molecule has 4 rings (SSSR count). The minimum absolute atomic E-state index is 0.111. The van der Waals surface area contributed by atoms with Crippen LogP contribution in [0.3, 0.4) is 0 Å². The minimum Gasteiger partial charge on any atom is -0.475 e. The summed E-state index contributed by atoms with van der Waals surface area (Å²) in [5.41, 5.74) is -1.39.